The topological polar surface area (TPSA) is 141 Å². The smallest absolute Gasteiger partial charge is 0.411 e. The Morgan fingerprint density at radius 3 is 2.81 bits per heavy atom. The van der Waals surface area contributed by atoms with E-state index in [1.54, 1.807) is 34.2 Å². The maximum Gasteiger partial charge on any atom is 0.411 e. The molecule has 3 aromatic rings. The molecule has 1 aliphatic rings. The number of aromatic nitrogens is 6. The summed E-state index contributed by atoms with van der Waals surface area (Å²) in [5.74, 6) is 0.934. The number of ether oxygens (including phenoxy) is 1. The van der Waals surface area contributed by atoms with Crippen molar-refractivity contribution in [2.75, 3.05) is 23.0 Å². The van der Waals surface area contributed by atoms with Crippen molar-refractivity contribution in [1.82, 2.24) is 34.5 Å². The Morgan fingerprint density at radius 1 is 1.22 bits per heavy atom. The summed E-state index contributed by atoms with van der Waals surface area (Å²) in [7, 11) is 0. The highest BCUT2D eigenvalue weighted by atomic mass is 16.6. The Balaban J connectivity index is 1.45. The zero-order valence-electron chi connectivity index (χ0n) is 18.4. The van der Waals surface area contributed by atoms with Crippen molar-refractivity contribution in [2.24, 2.45) is 0 Å². The molecule has 12 nitrogen and oxygen atoms in total. The van der Waals surface area contributed by atoms with Crippen LogP contribution in [-0.2, 0) is 4.74 Å². The first-order valence-electron chi connectivity index (χ1n) is 10.5. The number of nitrogens with two attached hydrogens (primary N) is 1. The zero-order valence-corrected chi connectivity index (χ0v) is 18.4. The van der Waals surface area contributed by atoms with E-state index in [9.17, 15) is 4.79 Å². The third-order valence-corrected chi connectivity index (χ3v) is 4.75. The average molecular weight is 441 g/mol. The van der Waals surface area contributed by atoms with Crippen molar-refractivity contribution in [3.05, 3.63) is 37.1 Å². The summed E-state index contributed by atoms with van der Waals surface area (Å²) >= 11 is 0. The molecule has 32 heavy (non-hydrogen) atoms. The number of rotatable bonds is 5. The molecule has 0 saturated carbocycles. The second kappa shape index (κ2) is 8.73. The molecule has 4 rings (SSSR count). The van der Waals surface area contributed by atoms with Crippen LogP contribution in [0.25, 0.3) is 0 Å². The zero-order chi connectivity index (χ0) is 22.7. The Kier molecular flexibility index (Phi) is 5.84. The highest BCUT2D eigenvalue weighted by Gasteiger charge is 2.32. The third kappa shape index (κ3) is 5.25. The third-order valence-electron chi connectivity index (χ3n) is 4.75. The number of nitrogens with one attached hydrogen (secondary N) is 2. The summed E-state index contributed by atoms with van der Waals surface area (Å²) in [5, 5.41) is 11.7. The quantitative estimate of drug-likeness (QED) is 0.546. The molecule has 0 aliphatic carbocycles. The molecular weight excluding hydrogens is 412 g/mol. The fourth-order valence-electron chi connectivity index (χ4n) is 3.41. The molecule has 3 aromatic heterocycles. The van der Waals surface area contributed by atoms with Gasteiger partial charge in [0.05, 0.1) is 36.2 Å². The lowest BCUT2D eigenvalue weighted by Gasteiger charge is -2.36. The maximum absolute atomic E-state index is 12.7. The van der Waals surface area contributed by atoms with Gasteiger partial charge in [0.25, 0.3) is 0 Å². The number of carbonyl (C=O) groups excluding carboxylic acids is 1. The molecule has 0 aromatic carbocycles. The van der Waals surface area contributed by atoms with E-state index in [0.29, 0.717) is 29.7 Å². The van der Waals surface area contributed by atoms with Gasteiger partial charge in [0.2, 0.25) is 5.95 Å². The Hall–Kier alpha value is -3.83. The fourth-order valence-corrected chi connectivity index (χ4v) is 3.41. The predicted octanol–water partition coefficient (Wildman–Crippen LogP) is 2.99. The van der Waals surface area contributed by atoms with Crippen LogP contribution in [0.3, 0.4) is 0 Å². The molecule has 1 saturated heterocycles. The van der Waals surface area contributed by atoms with Gasteiger partial charge in [0.15, 0.2) is 5.82 Å². The number of nitrogens with zero attached hydrogens (tertiary/aromatic N) is 7. The molecule has 0 bridgehead atoms. The van der Waals surface area contributed by atoms with Gasteiger partial charge in [-0.25, -0.2) is 14.5 Å². The standard InChI is InChI=1S/C20H28N10O2/c1-20(2,3)32-19(31)28-9-5-4-6-17(28)29-13-15(11-23-29)25-18-22-8-7-16(26-18)27-30-12-14(21)10-24-30/h7-8,10-13,17H,4-6,9,21H2,1-3H3,(H2,22,25,26,27). The minimum absolute atomic E-state index is 0.201. The molecule has 1 fully saturated rings. The molecule has 12 heteroatoms. The van der Waals surface area contributed by atoms with E-state index < -0.39 is 5.60 Å². The highest BCUT2D eigenvalue weighted by Crippen LogP contribution is 2.28. The van der Waals surface area contributed by atoms with Crippen molar-refractivity contribution >= 4 is 29.2 Å². The average Bonchev–Trinajstić information content (AvgIpc) is 3.36. The number of piperidine rings is 1. The summed E-state index contributed by atoms with van der Waals surface area (Å²) in [5.41, 5.74) is 9.38. The molecule has 170 valence electrons. The summed E-state index contributed by atoms with van der Waals surface area (Å²) in [6, 6.07) is 1.72. The largest absolute Gasteiger partial charge is 0.444 e. The molecular formula is C20H28N10O2. The van der Waals surface area contributed by atoms with Crippen LogP contribution in [0.1, 0.15) is 46.2 Å². The first kappa shape index (κ1) is 21.4. The van der Waals surface area contributed by atoms with Gasteiger partial charge in [-0.15, -0.1) is 0 Å². The predicted molar refractivity (Wildman–Crippen MR) is 119 cm³/mol. The van der Waals surface area contributed by atoms with Crippen LogP contribution in [0.2, 0.25) is 0 Å². The van der Waals surface area contributed by atoms with Crippen LogP contribution in [0.5, 0.6) is 0 Å². The first-order chi connectivity index (χ1) is 15.3. The van der Waals surface area contributed by atoms with E-state index in [1.807, 2.05) is 27.0 Å². The lowest BCUT2D eigenvalue weighted by Crippen LogP contribution is -2.44. The molecule has 4 N–H and O–H groups in total. The Labute approximate surface area is 185 Å². The minimum atomic E-state index is -0.547. The van der Waals surface area contributed by atoms with Gasteiger partial charge in [-0.3, -0.25) is 10.3 Å². The molecule has 1 unspecified atom stereocenters. The van der Waals surface area contributed by atoms with Crippen molar-refractivity contribution in [3.8, 4) is 0 Å². The number of hydrogen-bond donors (Lipinski definition) is 3. The summed E-state index contributed by atoms with van der Waals surface area (Å²) in [4.78, 5) is 24.6. The van der Waals surface area contributed by atoms with Crippen molar-refractivity contribution in [3.63, 3.8) is 0 Å². The fraction of sp³-hybridized carbons (Fsp3) is 0.450. The van der Waals surface area contributed by atoms with E-state index in [2.05, 4.69) is 30.9 Å². The number of nitrogen functional groups attached to an aromatic ring is 1. The van der Waals surface area contributed by atoms with Crippen molar-refractivity contribution in [1.29, 1.82) is 0 Å². The van der Waals surface area contributed by atoms with Gasteiger partial charge in [-0.2, -0.15) is 20.0 Å². The van der Waals surface area contributed by atoms with E-state index in [4.69, 9.17) is 10.5 Å². The van der Waals surface area contributed by atoms with E-state index in [-0.39, 0.29) is 12.3 Å². The van der Waals surface area contributed by atoms with Gasteiger partial charge in [-0.1, -0.05) is 0 Å². The van der Waals surface area contributed by atoms with Crippen LogP contribution in [0, 0.1) is 0 Å². The van der Waals surface area contributed by atoms with Gasteiger partial charge in [0, 0.05) is 18.8 Å². The molecule has 0 radical (unpaired) electrons. The molecule has 4 heterocycles. The summed E-state index contributed by atoms with van der Waals surface area (Å²) in [6.45, 7) is 6.23. The Bertz CT molecular complexity index is 1070. The summed E-state index contributed by atoms with van der Waals surface area (Å²) < 4.78 is 7.36. The Morgan fingerprint density at radius 2 is 2.06 bits per heavy atom. The number of hydrogen-bond acceptors (Lipinski definition) is 9. The number of amides is 1. The second-order valence-electron chi connectivity index (χ2n) is 8.58. The maximum atomic E-state index is 12.7. The van der Waals surface area contributed by atoms with E-state index >= 15 is 0 Å². The van der Waals surface area contributed by atoms with Crippen LogP contribution in [0.4, 0.5) is 27.9 Å². The number of likely N-dealkylation sites (tertiary alicyclic amines) is 1. The molecule has 1 aliphatic heterocycles. The number of anilines is 4. The summed E-state index contributed by atoms with van der Waals surface area (Å²) in [6.07, 6.45) is 10.6. The molecule has 1 amide bonds. The van der Waals surface area contributed by atoms with Crippen LogP contribution >= 0.6 is 0 Å². The van der Waals surface area contributed by atoms with Crippen LogP contribution in [0.15, 0.2) is 37.1 Å². The monoisotopic (exact) mass is 440 g/mol. The highest BCUT2D eigenvalue weighted by molar-refractivity contribution is 5.68. The SMILES string of the molecule is CC(C)(C)OC(=O)N1CCCCC1n1cc(Nc2nccc(Nn3cc(N)cn3)n2)cn1. The normalized spacial score (nSPS) is 16.6. The second-order valence-corrected chi connectivity index (χ2v) is 8.58. The molecule has 1 atom stereocenters. The van der Waals surface area contributed by atoms with Crippen LogP contribution < -0.4 is 16.5 Å². The number of carbonyl (C=O) groups is 1. The van der Waals surface area contributed by atoms with Crippen molar-refractivity contribution < 1.29 is 9.53 Å². The van der Waals surface area contributed by atoms with E-state index in [1.165, 1.54) is 11.0 Å². The van der Waals surface area contributed by atoms with Gasteiger partial charge < -0.3 is 15.8 Å². The lowest BCUT2D eigenvalue weighted by atomic mass is 10.1. The first-order valence-corrected chi connectivity index (χ1v) is 10.5. The molecule has 0 spiro atoms. The van der Waals surface area contributed by atoms with Gasteiger partial charge in [-0.05, 0) is 40.0 Å². The van der Waals surface area contributed by atoms with E-state index in [0.717, 1.165) is 19.3 Å². The van der Waals surface area contributed by atoms with Crippen molar-refractivity contribution in [2.45, 2.75) is 51.8 Å². The minimum Gasteiger partial charge on any atom is -0.444 e. The van der Waals surface area contributed by atoms with Crippen LogP contribution in [-0.4, -0.2) is 52.8 Å². The van der Waals surface area contributed by atoms with Gasteiger partial charge in [0.1, 0.15) is 11.8 Å². The van der Waals surface area contributed by atoms with Gasteiger partial charge >= 0.3 is 6.09 Å². The lowest BCUT2D eigenvalue weighted by molar-refractivity contribution is -0.00344.